The second-order valence-electron chi connectivity index (χ2n) is 12.2. The van der Waals surface area contributed by atoms with E-state index >= 15 is 0 Å². The van der Waals surface area contributed by atoms with Crippen LogP contribution in [-0.4, -0.2) is 17.0 Å². The predicted octanol–water partition coefficient (Wildman–Crippen LogP) is 6.59. The summed E-state index contributed by atoms with van der Waals surface area (Å²) in [6.45, 7) is 14.3. The van der Waals surface area contributed by atoms with Crippen LogP contribution in [0, 0.1) is 52.3 Å². The van der Waals surface area contributed by atoms with Gasteiger partial charge in [-0.25, -0.2) is 0 Å². The molecule has 0 bridgehead atoms. The van der Waals surface area contributed by atoms with Gasteiger partial charge in [-0.05, 0) is 97.4 Å². The lowest BCUT2D eigenvalue weighted by Gasteiger charge is -2.57. The first-order chi connectivity index (χ1) is 14.1. The SMILES string of the molecule is CC(C)C(C)C=CC(C)C1CCC2C3=CC(=O)C4CC(O)CCC4(C)C3CCC21C. The summed E-state index contributed by atoms with van der Waals surface area (Å²) in [5, 5.41) is 10.2. The summed E-state index contributed by atoms with van der Waals surface area (Å²) >= 11 is 0. The van der Waals surface area contributed by atoms with Crippen molar-refractivity contribution in [2.75, 3.05) is 0 Å². The Morgan fingerprint density at radius 2 is 1.60 bits per heavy atom. The number of carbonyl (C=O) groups excluding carboxylic acids is 1. The van der Waals surface area contributed by atoms with Crippen LogP contribution in [0.15, 0.2) is 23.8 Å². The average Bonchev–Trinajstić information content (AvgIpc) is 3.04. The van der Waals surface area contributed by atoms with E-state index in [2.05, 4.69) is 59.8 Å². The van der Waals surface area contributed by atoms with E-state index in [1.54, 1.807) is 0 Å². The van der Waals surface area contributed by atoms with E-state index in [1.165, 1.54) is 31.3 Å². The zero-order valence-electron chi connectivity index (χ0n) is 20.2. The molecule has 4 aliphatic rings. The molecule has 9 atom stereocenters. The van der Waals surface area contributed by atoms with E-state index < -0.39 is 0 Å². The number of hydrogen-bond acceptors (Lipinski definition) is 2. The van der Waals surface area contributed by atoms with Gasteiger partial charge in [0.2, 0.25) is 0 Å². The summed E-state index contributed by atoms with van der Waals surface area (Å²) in [6, 6.07) is 0. The molecule has 3 saturated carbocycles. The van der Waals surface area contributed by atoms with Crippen molar-refractivity contribution in [3.05, 3.63) is 23.8 Å². The van der Waals surface area contributed by atoms with Gasteiger partial charge in [-0.1, -0.05) is 59.3 Å². The fourth-order valence-corrected chi connectivity index (χ4v) is 7.95. The molecule has 0 spiro atoms. The fraction of sp³-hybridized carbons (Fsp3) is 0.821. The number of carbonyl (C=O) groups is 1. The Morgan fingerprint density at radius 3 is 2.30 bits per heavy atom. The maximum atomic E-state index is 13.2. The second-order valence-corrected chi connectivity index (χ2v) is 12.2. The summed E-state index contributed by atoms with van der Waals surface area (Å²) in [7, 11) is 0. The Bertz CT molecular complexity index is 733. The van der Waals surface area contributed by atoms with E-state index in [9.17, 15) is 9.90 Å². The molecule has 30 heavy (non-hydrogen) atoms. The molecule has 0 saturated heterocycles. The smallest absolute Gasteiger partial charge is 0.159 e. The molecule has 0 aromatic carbocycles. The average molecular weight is 413 g/mol. The van der Waals surface area contributed by atoms with Gasteiger partial charge in [-0.2, -0.15) is 0 Å². The topological polar surface area (TPSA) is 37.3 Å². The van der Waals surface area contributed by atoms with Crippen LogP contribution in [0.25, 0.3) is 0 Å². The van der Waals surface area contributed by atoms with Crippen molar-refractivity contribution >= 4 is 5.78 Å². The van der Waals surface area contributed by atoms with Crippen LogP contribution in [0.3, 0.4) is 0 Å². The molecular formula is C28H44O2. The van der Waals surface area contributed by atoms with Gasteiger partial charge in [0.05, 0.1) is 6.10 Å². The Hall–Kier alpha value is -0.890. The third kappa shape index (κ3) is 3.46. The first-order valence-corrected chi connectivity index (χ1v) is 12.7. The van der Waals surface area contributed by atoms with Crippen LogP contribution in [0.4, 0.5) is 0 Å². The van der Waals surface area contributed by atoms with Crippen molar-refractivity contribution in [3.8, 4) is 0 Å². The normalized spacial score (nSPS) is 45.7. The van der Waals surface area contributed by atoms with E-state index in [-0.39, 0.29) is 17.4 Å². The number of allylic oxidation sites excluding steroid dienone is 4. The predicted molar refractivity (Wildman–Crippen MR) is 124 cm³/mol. The molecule has 1 N–H and O–H groups in total. The highest BCUT2D eigenvalue weighted by molar-refractivity contribution is 5.94. The molecular weight excluding hydrogens is 368 g/mol. The molecule has 0 aromatic rings. The van der Waals surface area contributed by atoms with Crippen LogP contribution in [0.5, 0.6) is 0 Å². The molecule has 2 heteroatoms. The summed E-state index contributed by atoms with van der Waals surface area (Å²) in [5.41, 5.74) is 1.89. The summed E-state index contributed by atoms with van der Waals surface area (Å²) in [6.07, 6.45) is 14.3. The Labute approximate surface area is 184 Å². The monoisotopic (exact) mass is 412 g/mol. The van der Waals surface area contributed by atoms with Crippen molar-refractivity contribution in [1.29, 1.82) is 0 Å². The van der Waals surface area contributed by atoms with Crippen LogP contribution >= 0.6 is 0 Å². The molecule has 0 heterocycles. The van der Waals surface area contributed by atoms with Crippen molar-refractivity contribution in [3.63, 3.8) is 0 Å². The summed E-state index contributed by atoms with van der Waals surface area (Å²) in [4.78, 5) is 13.2. The molecule has 4 aliphatic carbocycles. The van der Waals surface area contributed by atoms with Gasteiger partial charge in [0, 0.05) is 5.92 Å². The lowest BCUT2D eigenvalue weighted by molar-refractivity contribution is -0.132. The van der Waals surface area contributed by atoms with Gasteiger partial charge >= 0.3 is 0 Å². The maximum absolute atomic E-state index is 13.2. The molecule has 9 unspecified atom stereocenters. The number of hydrogen-bond donors (Lipinski definition) is 1. The first-order valence-electron chi connectivity index (χ1n) is 12.7. The fourth-order valence-electron chi connectivity index (χ4n) is 7.95. The Kier molecular flexibility index (Phi) is 5.88. The number of fused-ring (bicyclic) bond motifs is 5. The van der Waals surface area contributed by atoms with Crippen LogP contribution in [-0.2, 0) is 4.79 Å². The lowest BCUT2D eigenvalue weighted by atomic mass is 9.47. The second kappa shape index (κ2) is 7.91. The summed E-state index contributed by atoms with van der Waals surface area (Å²) in [5.74, 6) is 4.12. The summed E-state index contributed by atoms with van der Waals surface area (Å²) < 4.78 is 0. The molecule has 4 rings (SSSR count). The van der Waals surface area contributed by atoms with E-state index in [4.69, 9.17) is 0 Å². The molecule has 2 nitrogen and oxygen atoms in total. The quantitative estimate of drug-likeness (QED) is 0.529. The first kappa shape index (κ1) is 22.3. The van der Waals surface area contributed by atoms with Gasteiger partial charge in [0.15, 0.2) is 5.78 Å². The minimum absolute atomic E-state index is 0.0379. The van der Waals surface area contributed by atoms with E-state index in [0.29, 0.717) is 53.1 Å². The Balaban J connectivity index is 1.59. The van der Waals surface area contributed by atoms with Crippen LogP contribution < -0.4 is 0 Å². The molecule has 0 aliphatic heterocycles. The minimum Gasteiger partial charge on any atom is -0.393 e. The highest BCUT2D eigenvalue weighted by Gasteiger charge is 2.59. The molecule has 168 valence electrons. The van der Waals surface area contributed by atoms with Gasteiger partial charge in [-0.3, -0.25) is 4.79 Å². The number of ketones is 1. The zero-order chi connectivity index (χ0) is 21.8. The van der Waals surface area contributed by atoms with Crippen LogP contribution in [0.1, 0.15) is 86.5 Å². The molecule has 0 aromatic heterocycles. The molecule has 3 fully saturated rings. The van der Waals surface area contributed by atoms with E-state index in [1.807, 2.05) is 0 Å². The van der Waals surface area contributed by atoms with Crippen LogP contribution in [0.2, 0.25) is 0 Å². The van der Waals surface area contributed by atoms with Gasteiger partial charge in [-0.15, -0.1) is 0 Å². The van der Waals surface area contributed by atoms with Crippen molar-refractivity contribution in [2.45, 2.75) is 92.6 Å². The van der Waals surface area contributed by atoms with Gasteiger partial charge in [0.1, 0.15) is 0 Å². The number of rotatable bonds is 4. The molecule has 0 radical (unpaired) electrons. The third-order valence-corrected chi connectivity index (χ3v) is 10.4. The third-order valence-electron chi connectivity index (χ3n) is 10.4. The maximum Gasteiger partial charge on any atom is 0.159 e. The number of aliphatic hydroxyl groups is 1. The number of aliphatic hydroxyl groups excluding tert-OH is 1. The highest BCUT2D eigenvalue weighted by Crippen LogP contribution is 2.66. The Morgan fingerprint density at radius 1 is 0.933 bits per heavy atom. The zero-order valence-corrected chi connectivity index (χ0v) is 20.2. The van der Waals surface area contributed by atoms with Crippen molar-refractivity contribution in [1.82, 2.24) is 0 Å². The standard InChI is InChI=1S/C28H44O2/c1-17(2)18(3)7-8-19(4)22-9-10-23-21-16-26(30)25-15-20(29)11-13-28(25,6)24(21)12-14-27(22,23)5/h7-8,16-20,22-25,29H,9-15H2,1-6H3. The van der Waals surface area contributed by atoms with Gasteiger partial charge < -0.3 is 5.11 Å². The highest BCUT2D eigenvalue weighted by atomic mass is 16.3. The minimum atomic E-state index is -0.285. The van der Waals surface area contributed by atoms with Crippen molar-refractivity contribution < 1.29 is 9.90 Å². The largest absolute Gasteiger partial charge is 0.393 e. The molecule has 0 amide bonds. The van der Waals surface area contributed by atoms with E-state index in [0.717, 1.165) is 12.8 Å². The lowest BCUT2D eigenvalue weighted by Crippen LogP contribution is -2.52. The van der Waals surface area contributed by atoms with Crippen molar-refractivity contribution in [2.24, 2.45) is 52.3 Å². The van der Waals surface area contributed by atoms with Gasteiger partial charge in [0.25, 0.3) is 0 Å².